The Hall–Kier alpha value is 0.720. The molecule has 0 aliphatic carbocycles. The van der Waals surface area contributed by atoms with E-state index in [1.54, 1.807) is 0 Å². The molecule has 58 valence electrons. The fraction of sp³-hybridized carbons (Fsp3) is 0.833. The van der Waals surface area contributed by atoms with Gasteiger partial charge in [-0.3, -0.25) is 4.99 Å². The van der Waals surface area contributed by atoms with E-state index in [-0.39, 0.29) is 0 Å². The minimum atomic E-state index is 0.550. The van der Waals surface area contributed by atoms with E-state index in [2.05, 4.69) is 18.2 Å². The minimum absolute atomic E-state index is 0.550. The highest BCUT2D eigenvalue weighted by molar-refractivity contribution is 8.41. The number of rotatable bonds is 2. The Morgan fingerprint density at radius 3 is 3.10 bits per heavy atom. The largest absolute Gasteiger partial charge is 0.268 e. The third kappa shape index (κ3) is 2.76. The fourth-order valence-electron chi connectivity index (χ4n) is 0.635. The summed E-state index contributed by atoms with van der Waals surface area (Å²) in [6.07, 6.45) is 2.12. The maximum Gasteiger partial charge on any atom is 0.125 e. The normalized spacial score (nSPS) is 25.0. The van der Waals surface area contributed by atoms with Crippen molar-refractivity contribution >= 4 is 39.7 Å². The highest BCUT2D eigenvalue weighted by Crippen LogP contribution is 2.27. The van der Waals surface area contributed by atoms with Gasteiger partial charge in [-0.1, -0.05) is 23.5 Å². The average Bonchev–Trinajstić information content (AvgIpc) is 2.31. The first-order valence-corrected chi connectivity index (χ1v) is 6.51. The van der Waals surface area contributed by atoms with Crippen LogP contribution in [-0.4, -0.2) is 27.5 Å². The molecule has 1 atom stereocenters. The molecule has 0 aromatic carbocycles. The van der Waals surface area contributed by atoms with Crippen LogP contribution in [0.25, 0.3) is 0 Å². The molecule has 0 fully saturated rings. The molecule has 0 aromatic heterocycles. The zero-order valence-electron chi connectivity index (χ0n) is 6.16. The van der Waals surface area contributed by atoms with E-state index in [9.17, 15) is 0 Å². The summed E-state index contributed by atoms with van der Waals surface area (Å²) in [6.45, 7) is 2.17. The topological polar surface area (TPSA) is 12.4 Å². The lowest BCUT2D eigenvalue weighted by atomic mass is 10.4. The molecule has 0 spiro atoms. The van der Waals surface area contributed by atoms with Crippen LogP contribution in [-0.2, 0) is 0 Å². The maximum atomic E-state index is 4.46. The fourth-order valence-corrected chi connectivity index (χ4v) is 3.45. The van der Waals surface area contributed by atoms with Crippen LogP contribution in [0.15, 0.2) is 4.99 Å². The quantitative estimate of drug-likeness (QED) is 0.625. The second-order valence-corrected chi connectivity index (χ2v) is 5.57. The Kier molecular flexibility index (Phi) is 4.03. The lowest BCUT2D eigenvalue weighted by molar-refractivity contribution is 0.867. The zero-order valence-corrected chi connectivity index (χ0v) is 8.61. The van der Waals surface area contributed by atoms with Crippen LogP contribution in [0.4, 0.5) is 0 Å². The van der Waals surface area contributed by atoms with Crippen molar-refractivity contribution in [2.24, 2.45) is 4.99 Å². The van der Waals surface area contributed by atoms with Gasteiger partial charge < -0.3 is 0 Å². The molecule has 1 unspecified atom stereocenters. The van der Waals surface area contributed by atoms with Gasteiger partial charge in [0.2, 0.25) is 0 Å². The van der Waals surface area contributed by atoms with Crippen molar-refractivity contribution in [3.63, 3.8) is 0 Å². The summed E-state index contributed by atoms with van der Waals surface area (Å²) in [5, 5.41) is 1.14. The number of nitrogens with zero attached hydrogens (tertiary/aromatic N) is 1. The molecule has 4 heteroatoms. The van der Waals surface area contributed by atoms with Gasteiger partial charge in [-0.2, -0.15) is 11.8 Å². The lowest BCUT2D eigenvalue weighted by Crippen LogP contribution is -1.92. The van der Waals surface area contributed by atoms with E-state index in [4.69, 9.17) is 0 Å². The van der Waals surface area contributed by atoms with Crippen molar-refractivity contribution in [2.75, 3.05) is 17.1 Å². The van der Waals surface area contributed by atoms with Crippen LogP contribution >= 0.6 is 35.3 Å². The van der Waals surface area contributed by atoms with E-state index >= 15 is 0 Å². The Bertz CT molecular complexity index is 135. The minimum Gasteiger partial charge on any atom is -0.268 e. The van der Waals surface area contributed by atoms with Crippen molar-refractivity contribution < 1.29 is 0 Å². The molecule has 0 saturated carbocycles. The molecule has 10 heavy (non-hydrogen) atoms. The second kappa shape index (κ2) is 4.57. The first kappa shape index (κ1) is 8.81. The third-order valence-electron chi connectivity index (χ3n) is 1.07. The molecule has 1 rings (SSSR count). The van der Waals surface area contributed by atoms with Crippen LogP contribution < -0.4 is 0 Å². The molecule has 0 radical (unpaired) electrons. The van der Waals surface area contributed by atoms with Gasteiger partial charge in [0, 0.05) is 10.8 Å². The summed E-state index contributed by atoms with van der Waals surface area (Å²) < 4.78 is 1.28. The summed E-state index contributed by atoms with van der Waals surface area (Å²) in [4.78, 5) is 4.46. The van der Waals surface area contributed by atoms with Crippen LogP contribution in [0.2, 0.25) is 0 Å². The van der Waals surface area contributed by atoms with E-state index in [0.29, 0.717) is 6.04 Å². The second-order valence-electron chi connectivity index (χ2n) is 2.11. The SMILES string of the molecule is CSCSC1=NC(C)CS1. The van der Waals surface area contributed by atoms with E-state index in [0.717, 1.165) is 5.08 Å². The van der Waals surface area contributed by atoms with Gasteiger partial charge in [0.1, 0.15) is 4.38 Å². The standard InChI is InChI=1S/C6H11NS3/c1-5-3-9-6(7-5)10-4-8-2/h5H,3-4H2,1-2H3. The summed E-state index contributed by atoms with van der Waals surface area (Å²) in [5.74, 6) is 1.18. The molecular formula is C6H11NS3. The van der Waals surface area contributed by atoms with Crippen LogP contribution in [0.3, 0.4) is 0 Å². The molecule has 1 heterocycles. The van der Waals surface area contributed by atoms with Gasteiger partial charge >= 0.3 is 0 Å². The van der Waals surface area contributed by atoms with Crippen LogP contribution in [0, 0.1) is 0 Å². The number of thioether (sulfide) groups is 3. The van der Waals surface area contributed by atoms with Gasteiger partial charge in [-0.15, -0.1) is 0 Å². The Morgan fingerprint density at radius 2 is 2.60 bits per heavy atom. The van der Waals surface area contributed by atoms with Crippen LogP contribution in [0.5, 0.6) is 0 Å². The van der Waals surface area contributed by atoms with Gasteiger partial charge in [0.25, 0.3) is 0 Å². The average molecular weight is 193 g/mol. The molecule has 0 aromatic rings. The number of aliphatic imine (C=N–C) groups is 1. The van der Waals surface area contributed by atoms with Crippen molar-refractivity contribution in [1.29, 1.82) is 0 Å². The molecule has 0 amide bonds. The number of hydrogen-bond acceptors (Lipinski definition) is 4. The first-order chi connectivity index (χ1) is 4.83. The van der Waals surface area contributed by atoms with E-state index in [1.807, 2.05) is 35.3 Å². The van der Waals surface area contributed by atoms with Gasteiger partial charge in [0.15, 0.2) is 0 Å². The lowest BCUT2D eigenvalue weighted by Gasteiger charge is -1.93. The summed E-state index contributed by atoms with van der Waals surface area (Å²) in [7, 11) is 0. The molecule has 1 aliphatic rings. The number of hydrogen-bond donors (Lipinski definition) is 0. The van der Waals surface area contributed by atoms with Crippen molar-refractivity contribution in [3.8, 4) is 0 Å². The predicted molar refractivity (Wildman–Crippen MR) is 55.3 cm³/mol. The Morgan fingerprint density at radius 1 is 1.80 bits per heavy atom. The molecule has 1 nitrogen and oxygen atoms in total. The zero-order chi connectivity index (χ0) is 7.40. The highest BCUT2D eigenvalue weighted by Gasteiger charge is 2.13. The molecule has 1 aliphatic heterocycles. The molecular weight excluding hydrogens is 182 g/mol. The molecule has 0 saturated heterocycles. The van der Waals surface area contributed by atoms with Gasteiger partial charge in [-0.25, -0.2) is 0 Å². The van der Waals surface area contributed by atoms with Gasteiger partial charge in [0.05, 0.1) is 6.04 Å². The Balaban J connectivity index is 2.22. The van der Waals surface area contributed by atoms with Crippen molar-refractivity contribution in [3.05, 3.63) is 0 Å². The Labute approximate surface area is 74.8 Å². The highest BCUT2D eigenvalue weighted by atomic mass is 32.2. The van der Waals surface area contributed by atoms with Crippen LogP contribution in [0.1, 0.15) is 6.92 Å². The molecule has 0 bridgehead atoms. The predicted octanol–water partition coefficient (Wildman–Crippen LogP) is 2.53. The first-order valence-electron chi connectivity index (χ1n) is 3.15. The third-order valence-corrected chi connectivity index (χ3v) is 4.55. The van der Waals surface area contributed by atoms with Crippen molar-refractivity contribution in [2.45, 2.75) is 13.0 Å². The summed E-state index contributed by atoms with van der Waals surface area (Å²) in [6, 6.07) is 0.550. The monoisotopic (exact) mass is 193 g/mol. The van der Waals surface area contributed by atoms with Gasteiger partial charge in [-0.05, 0) is 13.2 Å². The van der Waals surface area contributed by atoms with E-state index in [1.165, 1.54) is 10.1 Å². The summed E-state index contributed by atoms with van der Waals surface area (Å²) >= 11 is 5.61. The smallest absolute Gasteiger partial charge is 0.125 e. The summed E-state index contributed by atoms with van der Waals surface area (Å²) in [5.41, 5.74) is 0. The maximum absolute atomic E-state index is 4.46. The molecule has 0 N–H and O–H groups in total. The van der Waals surface area contributed by atoms with Crippen molar-refractivity contribution in [1.82, 2.24) is 0 Å². The van der Waals surface area contributed by atoms with E-state index < -0.39 is 0 Å².